The van der Waals surface area contributed by atoms with Crippen molar-refractivity contribution in [2.24, 2.45) is 17.6 Å². The van der Waals surface area contributed by atoms with Crippen LogP contribution in [0.1, 0.15) is 42.0 Å². The summed E-state index contributed by atoms with van der Waals surface area (Å²) in [6.07, 6.45) is 0.374. The van der Waals surface area contributed by atoms with E-state index in [1.54, 1.807) is 24.3 Å². The van der Waals surface area contributed by atoms with E-state index in [0.717, 1.165) is 33.4 Å². The Morgan fingerprint density at radius 1 is 0.518 bits per heavy atom. The Morgan fingerprint density at radius 3 is 1.54 bits per heavy atom. The van der Waals surface area contributed by atoms with Crippen LogP contribution in [0.25, 0.3) is 11.1 Å². The summed E-state index contributed by atoms with van der Waals surface area (Å²) >= 11 is 0. The Bertz CT molecular complexity index is 2090. The van der Waals surface area contributed by atoms with Crippen molar-refractivity contribution in [3.63, 3.8) is 0 Å². The quantitative estimate of drug-likeness (QED) is 0.0854. The van der Waals surface area contributed by atoms with Crippen LogP contribution in [0.15, 0.2) is 146 Å². The average molecular weight is 750 g/mol. The summed E-state index contributed by atoms with van der Waals surface area (Å²) in [5.74, 6) is -5.46. The highest BCUT2D eigenvalue weighted by Crippen LogP contribution is 2.22. The van der Waals surface area contributed by atoms with Gasteiger partial charge in [-0.15, -0.1) is 0 Å². The van der Waals surface area contributed by atoms with Crippen molar-refractivity contribution in [3.8, 4) is 11.1 Å². The zero-order chi connectivity index (χ0) is 39.9. The lowest BCUT2D eigenvalue weighted by atomic mass is 9.89. The lowest BCUT2D eigenvalue weighted by molar-refractivity contribution is -0.141. The van der Waals surface area contributed by atoms with E-state index in [9.17, 15) is 28.8 Å². The highest BCUT2D eigenvalue weighted by Gasteiger charge is 2.32. The third-order valence-electron chi connectivity index (χ3n) is 9.76. The molecule has 4 atom stereocenters. The molecule has 0 aliphatic rings. The van der Waals surface area contributed by atoms with Gasteiger partial charge in [0.15, 0.2) is 5.78 Å². The summed E-state index contributed by atoms with van der Waals surface area (Å²) in [6, 6.07) is 42.6. The SMILES string of the molecule is CC(NC(=O)[C@@H](CC(=O)Cc1ccccc1)Cc1ccccc1)C(=O)C(=O)N[C@H](Cc1ccccc1)C(=O)C[C@@H](Cc1ccc(-c2ccccc2)cc1)C(N)=O. The van der Waals surface area contributed by atoms with Crippen molar-refractivity contribution in [3.05, 3.63) is 168 Å². The number of carbonyl (C=O) groups is 6. The smallest absolute Gasteiger partial charge is 0.290 e. The number of primary amides is 1. The van der Waals surface area contributed by atoms with Crippen LogP contribution in [-0.4, -0.2) is 47.2 Å². The molecule has 0 saturated heterocycles. The predicted octanol–water partition coefficient (Wildman–Crippen LogP) is 5.82. The van der Waals surface area contributed by atoms with Crippen molar-refractivity contribution in [1.29, 1.82) is 0 Å². The summed E-state index contributed by atoms with van der Waals surface area (Å²) < 4.78 is 0. The molecule has 0 aromatic heterocycles. The first-order valence-electron chi connectivity index (χ1n) is 18.8. The third kappa shape index (κ3) is 12.3. The van der Waals surface area contributed by atoms with Crippen LogP contribution in [0.5, 0.6) is 0 Å². The van der Waals surface area contributed by atoms with E-state index in [-0.39, 0.29) is 44.3 Å². The Morgan fingerprint density at radius 2 is 0.982 bits per heavy atom. The number of Topliss-reactive ketones (excluding diaryl/α,β-unsaturated/α-hetero) is 3. The second-order valence-electron chi connectivity index (χ2n) is 14.1. The largest absolute Gasteiger partial charge is 0.369 e. The van der Waals surface area contributed by atoms with Crippen LogP contribution < -0.4 is 16.4 Å². The van der Waals surface area contributed by atoms with Gasteiger partial charge in [0.05, 0.1) is 12.1 Å². The molecular formula is C47H47N3O6. The minimum absolute atomic E-state index is 0.0609. The number of benzene rings is 5. The number of nitrogens with two attached hydrogens (primary N) is 1. The number of carbonyl (C=O) groups excluding carboxylic acids is 6. The maximum atomic E-state index is 13.9. The first kappa shape index (κ1) is 40.7. The predicted molar refractivity (Wildman–Crippen MR) is 216 cm³/mol. The van der Waals surface area contributed by atoms with Gasteiger partial charge in [0.2, 0.25) is 17.6 Å². The number of ketones is 3. The van der Waals surface area contributed by atoms with Gasteiger partial charge in [0.25, 0.3) is 5.91 Å². The van der Waals surface area contributed by atoms with Crippen molar-refractivity contribution in [1.82, 2.24) is 10.6 Å². The molecule has 5 aromatic rings. The van der Waals surface area contributed by atoms with Crippen LogP contribution >= 0.6 is 0 Å². The van der Waals surface area contributed by atoms with Gasteiger partial charge in [-0.25, -0.2) is 0 Å². The maximum absolute atomic E-state index is 13.9. The molecule has 5 aromatic carbocycles. The Hall–Kier alpha value is -6.48. The fourth-order valence-corrected chi connectivity index (χ4v) is 6.65. The van der Waals surface area contributed by atoms with Gasteiger partial charge in [-0.3, -0.25) is 28.8 Å². The second-order valence-corrected chi connectivity index (χ2v) is 14.1. The summed E-state index contributed by atoms with van der Waals surface area (Å²) in [7, 11) is 0. The van der Waals surface area contributed by atoms with Gasteiger partial charge >= 0.3 is 0 Å². The summed E-state index contributed by atoms with van der Waals surface area (Å²) in [5.41, 5.74) is 11.1. The Balaban J connectivity index is 1.25. The van der Waals surface area contributed by atoms with Crippen molar-refractivity contribution in [2.45, 2.75) is 57.5 Å². The van der Waals surface area contributed by atoms with Gasteiger partial charge in [-0.05, 0) is 59.6 Å². The Kier molecular flexibility index (Phi) is 14.7. The van der Waals surface area contributed by atoms with Crippen LogP contribution in [0.4, 0.5) is 0 Å². The summed E-state index contributed by atoms with van der Waals surface area (Å²) in [5, 5.41) is 5.23. The first-order chi connectivity index (χ1) is 27.0. The van der Waals surface area contributed by atoms with Crippen LogP contribution in [0, 0.1) is 11.8 Å². The number of nitrogens with one attached hydrogen (secondary N) is 2. The zero-order valence-electron chi connectivity index (χ0n) is 31.4. The normalized spacial score (nSPS) is 13.0. The molecular weight excluding hydrogens is 703 g/mol. The van der Waals surface area contributed by atoms with E-state index in [4.69, 9.17) is 5.73 Å². The number of hydrogen-bond donors (Lipinski definition) is 3. The van der Waals surface area contributed by atoms with Gasteiger partial charge in [0.1, 0.15) is 5.78 Å². The van der Waals surface area contributed by atoms with Gasteiger partial charge < -0.3 is 16.4 Å². The molecule has 286 valence electrons. The monoisotopic (exact) mass is 749 g/mol. The van der Waals surface area contributed by atoms with E-state index in [0.29, 0.717) is 0 Å². The molecule has 0 bridgehead atoms. The molecule has 5 rings (SSSR count). The van der Waals surface area contributed by atoms with E-state index in [2.05, 4.69) is 10.6 Å². The topological polar surface area (TPSA) is 152 Å². The molecule has 3 amide bonds. The summed E-state index contributed by atoms with van der Waals surface area (Å²) in [6.45, 7) is 1.39. The molecule has 56 heavy (non-hydrogen) atoms. The van der Waals surface area contributed by atoms with E-state index >= 15 is 0 Å². The van der Waals surface area contributed by atoms with Crippen molar-refractivity contribution >= 4 is 35.1 Å². The van der Waals surface area contributed by atoms with Gasteiger partial charge in [-0.1, -0.05) is 146 Å². The van der Waals surface area contributed by atoms with Crippen molar-refractivity contribution in [2.75, 3.05) is 0 Å². The minimum atomic E-state index is -1.25. The molecule has 0 saturated carbocycles. The molecule has 4 N–H and O–H groups in total. The van der Waals surface area contributed by atoms with E-state index in [1.807, 2.05) is 121 Å². The lowest BCUT2D eigenvalue weighted by Crippen LogP contribution is -2.52. The molecule has 0 aliphatic heterocycles. The maximum Gasteiger partial charge on any atom is 0.290 e. The molecule has 0 aliphatic carbocycles. The Labute approximate surface area is 327 Å². The fraction of sp³-hybridized carbons (Fsp3) is 0.234. The summed E-state index contributed by atoms with van der Waals surface area (Å²) in [4.78, 5) is 80.1. The first-order valence-corrected chi connectivity index (χ1v) is 18.8. The molecule has 0 heterocycles. The van der Waals surface area contributed by atoms with Gasteiger partial charge in [0, 0.05) is 31.1 Å². The average Bonchev–Trinajstić information content (AvgIpc) is 3.21. The molecule has 9 nitrogen and oxygen atoms in total. The van der Waals surface area contributed by atoms with E-state index in [1.165, 1.54) is 6.92 Å². The van der Waals surface area contributed by atoms with Crippen molar-refractivity contribution < 1.29 is 28.8 Å². The molecule has 0 spiro atoms. The van der Waals surface area contributed by atoms with Gasteiger partial charge in [-0.2, -0.15) is 0 Å². The zero-order valence-corrected chi connectivity index (χ0v) is 31.4. The number of rotatable bonds is 20. The molecule has 9 heteroatoms. The van der Waals surface area contributed by atoms with Crippen LogP contribution in [0.2, 0.25) is 0 Å². The third-order valence-corrected chi connectivity index (χ3v) is 9.76. The standard InChI is InChI=1S/C47H47N3O6/c1-32(49-46(55)40(27-33-14-6-2-7-15-33)30-41(51)28-34-16-8-3-9-17-34)44(53)47(56)50-42(29-35-18-10-4-11-19-35)43(52)31-39(45(48)54)26-36-22-24-38(25-23-36)37-20-12-5-13-21-37/h2-25,32,39-40,42H,26-31H2,1H3,(H2,48,54)(H,49,55)(H,50,56)/t32?,39-,40-,42-/m1/s1. The highest BCUT2D eigenvalue weighted by molar-refractivity contribution is 6.38. The molecule has 1 unspecified atom stereocenters. The van der Waals surface area contributed by atoms with Crippen LogP contribution in [-0.2, 0) is 54.5 Å². The molecule has 0 fully saturated rings. The number of amides is 3. The minimum Gasteiger partial charge on any atom is -0.369 e. The fourth-order valence-electron chi connectivity index (χ4n) is 6.65. The highest BCUT2D eigenvalue weighted by atomic mass is 16.2. The number of hydrogen-bond acceptors (Lipinski definition) is 6. The lowest BCUT2D eigenvalue weighted by Gasteiger charge is -2.22. The second kappa shape index (κ2) is 20.3. The van der Waals surface area contributed by atoms with Crippen LogP contribution in [0.3, 0.4) is 0 Å². The molecule has 0 radical (unpaired) electrons. The van der Waals surface area contributed by atoms with E-state index < -0.39 is 53.2 Å².